The van der Waals surface area contributed by atoms with E-state index in [9.17, 15) is 4.79 Å². The number of nitriles is 1. The van der Waals surface area contributed by atoms with Crippen LogP contribution in [-0.4, -0.2) is 19.9 Å². The molecule has 6 heteroatoms. The van der Waals surface area contributed by atoms with Gasteiger partial charge in [0.05, 0.1) is 36.3 Å². The highest BCUT2D eigenvalue weighted by molar-refractivity contribution is 9.10. The minimum absolute atomic E-state index is 0.0279. The highest BCUT2D eigenvalue weighted by Crippen LogP contribution is 2.36. The van der Waals surface area contributed by atoms with Crippen molar-refractivity contribution in [1.29, 1.82) is 5.26 Å². The van der Waals surface area contributed by atoms with Gasteiger partial charge in [0, 0.05) is 27.5 Å². The Balaban J connectivity index is 1.52. The molecule has 0 fully saturated rings. The van der Waals surface area contributed by atoms with Crippen LogP contribution < -0.4 is 0 Å². The molecule has 0 saturated carbocycles. The van der Waals surface area contributed by atoms with Gasteiger partial charge in [-0.1, -0.05) is 70.5 Å². The number of carbonyl (C=O) groups is 1. The van der Waals surface area contributed by atoms with Gasteiger partial charge in [-0.3, -0.25) is 4.79 Å². The van der Waals surface area contributed by atoms with Gasteiger partial charge >= 0.3 is 0 Å². The zero-order chi connectivity index (χ0) is 26.9. The Kier molecular flexibility index (Phi) is 6.44. The first-order valence-electron chi connectivity index (χ1n) is 12.5. The summed E-state index contributed by atoms with van der Waals surface area (Å²) in [6.45, 7) is 2.57. The Morgan fingerprint density at radius 3 is 2.44 bits per heavy atom. The number of nitrogens with zero attached hydrogens (tertiary/aromatic N) is 4. The van der Waals surface area contributed by atoms with Crippen LogP contribution in [0, 0.1) is 18.3 Å². The van der Waals surface area contributed by atoms with E-state index in [1.54, 1.807) is 6.33 Å². The van der Waals surface area contributed by atoms with Crippen molar-refractivity contribution in [1.82, 2.24) is 14.1 Å². The third kappa shape index (κ3) is 4.58. The molecule has 0 aliphatic carbocycles. The summed E-state index contributed by atoms with van der Waals surface area (Å²) in [6, 6.07) is 31.6. The maximum Gasteiger partial charge on any atom is 0.195 e. The van der Waals surface area contributed by atoms with Gasteiger partial charge in [-0.05, 0) is 65.2 Å². The normalized spacial score (nSPS) is 11.0. The molecule has 0 amide bonds. The topological polar surface area (TPSA) is 63.6 Å². The lowest BCUT2D eigenvalue weighted by Crippen LogP contribution is -2.09. The second-order valence-electron chi connectivity index (χ2n) is 9.42. The molecule has 0 spiro atoms. The molecule has 4 aromatic carbocycles. The maximum absolute atomic E-state index is 14.1. The number of hydrogen-bond donors (Lipinski definition) is 0. The van der Waals surface area contributed by atoms with Crippen LogP contribution in [0.1, 0.15) is 32.7 Å². The number of carbonyl (C=O) groups excluding carboxylic acids is 1. The fraction of sp³-hybridized carbons (Fsp3) is 0.0606. The largest absolute Gasteiger partial charge is 0.312 e. The zero-order valence-electron chi connectivity index (χ0n) is 21.2. The van der Waals surface area contributed by atoms with Crippen LogP contribution in [0.15, 0.2) is 114 Å². The van der Waals surface area contributed by atoms with Crippen molar-refractivity contribution < 1.29 is 4.79 Å². The molecule has 0 bridgehead atoms. The molecule has 0 aliphatic rings. The van der Waals surface area contributed by atoms with Gasteiger partial charge in [0.2, 0.25) is 0 Å². The molecule has 6 aromatic rings. The second-order valence-corrected chi connectivity index (χ2v) is 10.3. The van der Waals surface area contributed by atoms with Crippen LogP contribution in [0.25, 0.3) is 27.7 Å². The van der Waals surface area contributed by atoms with E-state index in [4.69, 9.17) is 5.26 Å². The SMILES string of the molecule is Cc1c(C(=O)c2ccc(Br)cc2)c(-c2cccc3ccccc23)cn1-c1cncn1Cc1ccc(C#N)cc1. The number of rotatable bonds is 6. The predicted molar refractivity (Wildman–Crippen MR) is 157 cm³/mol. The second kappa shape index (κ2) is 10.2. The summed E-state index contributed by atoms with van der Waals surface area (Å²) in [5.41, 5.74) is 5.70. The summed E-state index contributed by atoms with van der Waals surface area (Å²) >= 11 is 3.48. The summed E-state index contributed by atoms with van der Waals surface area (Å²) in [5, 5.41) is 11.3. The molecule has 0 N–H and O–H groups in total. The molecule has 39 heavy (non-hydrogen) atoms. The lowest BCUT2D eigenvalue weighted by molar-refractivity contribution is 0.103. The van der Waals surface area contributed by atoms with E-state index in [-0.39, 0.29) is 5.78 Å². The quantitative estimate of drug-likeness (QED) is 0.192. The van der Waals surface area contributed by atoms with Crippen molar-refractivity contribution in [3.8, 4) is 23.0 Å². The van der Waals surface area contributed by atoms with Crippen LogP contribution in [0.5, 0.6) is 0 Å². The fourth-order valence-corrected chi connectivity index (χ4v) is 5.32. The average Bonchev–Trinajstić information content (AvgIpc) is 3.56. The average molecular weight is 571 g/mol. The number of benzene rings is 4. The predicted octanol–water partition coefficient (Wildman–Crippen LogP) is 7.72. The smallest absolute Gasteiger partial charge is 0.195 e. The van der Waals surface area contributed by atoms with E-state index in [0.717, 1.165) is 43.4 Å². The highest BCUT2D eigenvalue weighted by Gasteiger charge is 2.24. The van der Waals surface area contributed by atoms with E-state index in [1.807, 2.05) is 79.9 Å². The van der Waals surface area contributed by atoms with E-state index in [1.165, 1.54) is 0 Å². The van der Waals surface area contributed by atoms with Crippen molar-refractivity contribution >= 4 is 32.5 Å². The molecule has 0 saturated heterocycles. The number of imidazole rings is 1. The Bertz CT molecular complexity index is 1870. The zero-order valence-corrected chi connectivity index (χ0v) is 22.8. The summed E-state index contributed by atoms with van der Waals surface area (Å²) in [4.78, 5) is 18.5. The first-order chi connectivity index (χ1) is 19.0. The van der Waals surface area contributed by atoms with E-state index >= 15 is 0 Å². The molecule has 6 rings (SSSR count). The first-order valence-corrected chi connectivity index (χ1v) is 13.3. The lowest BCUT2D eigenvalue weighted by atomic mass is 9.93. The maximum atomic E-state index is 14.1. The molecule has 0 radical (unpaired) electrons. The van der Waals surface area contributed by atoms with E-state index in [0.29, 0.717) is 23.2 Å². The van der Waals surface area contributed by atoms with Crippen LogP contribution >= 0.6 is 15.9 Å². The molecule has 5 nitrogen and oxygen atoms in total. The third-order valence-corrected chi connectivity index (χ3v) is 7.57. The molecule has 0 atom stereocenters. The third-order valence-electron chi connectivity index (χ3n) is 7.04. The van der Waals surface area contributed by atoms with Crippen LogP contribution in [-0.2, 0) is 6.54 Å². The van der Waals surface area contributed by atoms with Crippen molar-refractivity contribution in [2.24, 2.45) is 0 Å². The minimum Gasteiger partial charge on any atom is -0.312 e. The summed E-state index contributed by atoms with van der Waals surface area (Å²) in [7, 11) is 0. The molecule has 0 aliphatic heterocycles. The molecule has 2 aromatic heterocycles. The van der Waals surface area contributed by atoms with Crippen LogP contribution in [0.3, 0.4) is 0 Å². The van der Waals surface area contributed by atoms with Gasteiger partial charge in [0.15, 0.2) is 5.78 Å². The van der Waals surface area contributed by atoms with Gasteiger partial charge in [-0.15, -0.1) is 0 Å². The Hall–Kier alpha value is -4.73. The van der Waals surface area contributed by atoms with Crippen molar-refractivity contribution in [3.63, 3.8) is 0 Å². The van der Waals surface area contributed by atoms with Crippen LogP contribution in [0.4, 0.5) is 0 Å². The van der Waals surface area contributed by atoms with E-state index < -0.39 is 0 Å². The van der Waals surface area contributed by atoms with Crippen LogP contribution in [0.2, 0.25) is 0 Å². The fourth-order valence-electron chi connectivity index (χ4n) is 5.06. The summed E-state index contributed by atoms with van der Waals surface area (Å²) < 4.78 is 5.03. The van der Waals surface area contributed by atoms with Crippen molar-refractivity contribution in [2.45, 2.75) is 13.5 Å². The first kappa shape index (κ1) is 24.6. The van der Waals surface area contributed by atoms with Crippen molar-refractivity contribution in [2.75, 3.05) is 0 Å². The number of ketones is 1. The number of fused-ring (bicyclic) bond motifs is 1. The van der Waals surface area contributed by atoms with Gasteiger partial charge in [-0.2, -0.15) is 5.26 Å². The Morgan fingerprint density at radius 2 is 1.67 bits per heavy atom. The van der Waals surface area contributed by atoms with Gasteiger partial charge in [0.1, 0.15) is 5.82 Å². The standard InChI is InChI=1S/C33H23BrN4O/c1-22-32(33(39)26-13-15-27(34)16-14-26)30(29-8-4-6-25-5-2-3-7-28(25)29)20-38(22)31-18-36-21-37(31)19-24-11-9-23(17-35)10-12-24/h2-16,18,20-21H,19H2,1H3. The number of halogens is 1. The monoisotopic (exact) mass is 570 g/mol. The molecular weight excluding hydrogens is 548 g/mol. The summed E-state index contributed by atoms with van der Waals surface area (Å²) in [6.07, 6.45) is 5.66. The Labute approximate surface area is 234 Å². The lowest BCUT2D eigenvalue weighted by Gasteiger charge is -2.11. The van der Waals surface area contributed by atoms with E-state index in [2.05, 4.69) is 66.6 Å². The number of hydrogen-bond acceptors (Lipinski definition) is 3. The highest BCUT2D eigenvalue weighted by atomic mass is 79.9. The van der Waals surface area contributed by atoms with Gasteiger partial charge < -0.3 is 9.13 Å². The summed E-state index contributed by atoms with van der Waals surface area (Å²) in [5.74, 6) is 0.827. The number of aromatic nitrogens is 3. The molecule has 188 valence electrons. The van der Waals surface area contributed by atoms with Gasteiger partial charge in [-0.25, -0.2) is 4.98 Å². The molecule has 0 unspecified atom stereocenters. The molecular formula is C33H23BrN4O. The Morgan fingerprint density at radius 1 is 0.923 bits per heavy atom. The van der Waals surface area contributed by atoms with Crippen molar-refractivity contribution in [3.05, 3.63) is 142 Å². The molecule has 2 heterocycles. The van der Waals surface area contributed by atoms with Gasteiger partial charge in [0.25, 0.3) is 0 Å². The minimum atomic E-state index is -0.0279.